The lowest BCUT2D eigenvalue weighted by atomic mass is 10.1. The van der Waals surface area contributed by atoms with Gasteiger partial charge in [-0.15, -0.1) is 5.10 Å². The van der Waals surface area contributed by atoms with Gasteiger partial charge in [0.25, 0.3) is 0 Å². The van der Waals surface area contributed by atoms with Gasteiger partial charge < -0.3 is 5.11 Å². The highest BCUT2D eigenvalue weighted by molar-refractivity contribution is 7.99. The standard InChI is InChI=1S/C13H16N4O2S/c1-9(2)6-10-7-12(20-8-13(18)19)17(16-10)11-4-3-5-14-15-11/h3-5,7,9H,6,8H2,1-2H3,(H,18,19). The Morgan fingerprint density at radius 3 is 2.90 bits per heavy atom. The monoisotopic (exact) mass is 292 g/mol. The molecule has 106 valence electrons. The minimum atomic E-state index is -0.854. The van der Waals surface area contributed by atoms with E-state index in [2.05, 4.69) is 29.1 Å². The molecule has 0 bridgehead atoms. The van der Waals surface area contributed by atoms with Gasteiger partial charge >= 0.3 is 5.97 Å². The van der Waals surface area contributed by atoms with Crippen molar-refractivity contribution in [1.82, 2.24) is 20.0 Å². The SMILES string of the molecule is CC(C)Cc1cc(SCC(=O)O)n(-c2cccnn2)n1. The molecule has 2 rings (SSSR count). The second-order valence-electron chi connectivity index (χ2n) is 4.75. The van der Waals surface area contributed by atoms with Crippen molar-refractivity contribution in [3.05, 3.63) is 30.1 Å². The third-order valence-corrected chi connectivity index (χ3v) is 3.44. The lowest BCUT2D eigenvalue weighted by molar-refractivity contribution is -0.133. The lowest BCUT2D eigenvalue weighted by Crippen LogP contribution is -2.05. The molecule has 0 fully saturated rings. The number of nitrogens with zero attached hydrogens (tertiary/aromatic N) is 4. The molecule has 7 heteroatoms. The van der Waals surface area contributed by atoms with Crippen LogP contribution in [0.2, 0.25) is 0 Å². The van der Waals surface area contributed by atoms with Crippen molar-refractivity contribution in [2.24, 2.45) is 5.92 Å². The van der Waals surface area contributed by atoms with Gasteiger partial charge in [0.1, 0.15) is 5.03 Å². The van der Waals surface area contributed by atoms with Gasteiger partial charge in [0.2, 0.25) is 0 Å². The van der Waals surface area contributed by atoms with Gasteiger partial charge in [-0.05, 0) is 30.5 Å². The molecule has 0 aliphatic carbocycles. The molecule has 0 unspecified atom stereocenters. The number of carboxylic acid groups (broad SMARTS) is 1. The van der Waals surface area contributed by atoms with E-state index >= 15 is 0 Å². The highest BCUT2D eigenvalue weighted by Crippen LogP contribution is 2.23. The predicted molar refractivity (Wildman–Crippen MR) is 76.1 cm³/mol. The molecular weight excluding hydrogens is 276 g/mol. The summed E-state index contributed by atoms with van der Waals surface area (Å²) >= 11 is 1.23. The first-order valence-corrected chi connectivity index (χ1v) is 7.26. The maximum absolute atomic E-state index is 10.7. The van der Waals surface area contributed by atoms with Crippen molar-refractivity contribution in [1.29, 1.82) is 0 Å². The first-order chi connectivity index (χ1) is 9.56. The van der Waals surface area contributed by atoms with E-state index < -0.39 is 5.97 Å². The summed E-state index contributed by atoms with van der Waals surface area (Å²) < 4.78 is 1.65. The van der Waals surface area contributed by atoms with E-state index in [-0.39, 0.29) is 5.75 Å². The van der Waals surface area contributed by atoms with Crippen molar-refractivity contribution in [3.63, 3.8) is 0 Å². The van der Waals surface area contributed by atoms with Crippen molar-refractivity contribution in [2.75, 3.05) is 5.75 Å². The zero-order chi connectivity index (χ0) is 14.5. The average Bonchev–Trinajstić information content (AvgIpc) is 2.79. The Morgan fingerprint density at radius 2 is 2.30 bits per heavy atom. The van der Waals surface area contributed by atoms with Gasteiger partial charge in [0.15, 0.2) is 5.82 Å². The summed E-state index contributed by atoms with van der Waals surface area (Å²) in [7, 11) is 0. The molecule has 0 aromatic carbocycles. The Kier molecular flexibility index (Phi) is 4.73. The first-order valence-electron chi connectivity index (χ1n) is 6.28. The third-order valence-electron chi connectivity index (χ3n) is 2.46. The largest absolute Gasteiger partial charge is 0.481 e. The normalized spacial score (nSPS) is 10.9. The second-order valence-corrected chi connectivity index (χ2v) is 5.74. The van der Waals surface area contributed by atoms with Crippen LogP contribution in [0.5, 0.6) is 0 Å². The van der Waals surface area contributed by atoms with Gasteiger partial charge in [-0.25, -0.2) is 4.68 Å². The summed E-state index contributed by atoms with van der Waals surface area (Å²) in [6, 6.07) is 5.49. The second kappa shape index (κ2) is 6.51. The number of thioether (sulfide) groups is 1. The van der Waals surface area contributed by atoms with E-state index in [0.717, 1.165) is 17.1 Å². The quantitative estimate of drug-likeness (QED) is 0.821. The molecule has 0 saturated carbocycles. The van der Waals surface area contributed by atoms with Crippen molar-refractivity contribution in [2.45, 2.75) is 25.3 Å². The average molecular weight is 292 g/mol. The fourth-order valence-corrected chi connectivity index (χ4v) is 2.48. The Labute approximate surface area is 121 Å². The van der Waals surface area contributed by atoms with Crippen LogP contribution >= 0.6 is 11.8 Å². The topological polar surface area (TPSA) is 80.9 Å². The van der Waals surface area contributed by atoms with Crippen LogP contribution in [0.25, 0.3) is 5.82 Å². The summed E-state index contributed by atoms with van der Waals surface area (Å²) in [5, 5.41) is 21.9. The van der Waals surface area contributed by atoms with E-state index in [1.165, 1.54) is 11.8 Å². The van der Waals surface area contributed by atoms with Gasteiger partial charge in [-0.1, -0.05) is 25.6 Å². The van der Waals surface area contributed by atoms with E-state index in [1.54, 1.807) is 23.0 Å². The molecule has 1 N–H and O–H groups in total. The highest BCUT2D eigenvalue weighted by Gasteiger charge is 2.13. The lowest BCUT2D eigenvalue weighted by Gasteiger charge is -2.03. The zero-order valence-electron chi connectivity index (χ0n) is 11.4. The van der Waals surface area contributed by atoms with Gasteiger partial charge in [-0.2, -0.15) is 10.2 Å². The van der Waals surface area contributed by atoms with Gasteiger partial charge in [0, 0.05) is 6.20 Å². The van der Waals surface area contributed by atoms with Crippen molar-refractivity contribution < 1.29 is 9.90 Å². The van der Waals surface area contributed by atoms with E-state index in [4.69, 9.17) is 5.11 Å². The molecule has 6 nitrogen and oxygen atoms in total. The van der Waals surface area contributed by atoms with E-state index in [1.807, 2.05) is 6.07 Å². The molecule has 0 radical (unpaired) electrons. The van der Waals surface area contributed by atoms with E-state index in [0.29, 0.717) is 11.7 Å². The van der Waals surface area contributed by atoms with Crippen LogP contribution in [-0.4, -0.2) is 36.8 Å². The molecular formula is C13H16N4O2S. The molecule has 2 heterocycles. The fraction of sp³-hybridized carbons (Fsp3) is 0.385. The Bertz CT molecular complexity index is 583. The third kappa shape index (κ3) is 3.80. The smallest absolute Gasteiger partial charge is 0.313 e. The number of hydrogen-bond acceptors (Lipinski definition) is 5. The molecule has 0 aliphatic heterocycles. The number of carboxylic acids is 1. The number of aromatic nitrogens is 4. The highest BCUT2D eigenvalue weighted by atomic mass is 32.2. The van der Waals surface area contributed by atoms with Crippen LogP contribution in [0.4, 0.5) is 0 Å². The van der Waals surface area contributed by atoms with Crippen LogP contribution < -0.4 is 0 Å². The minimum Gasteiger partial charge on any atom is -0.481 e. The summed E-state index contributed by atoms with van der Waals surface area (Å²) in [5.41, 5.74) is 0.929. The number of aliphatic carboxylic acids is 1. The Morgan fingerprint density at radius 1 is 1.50 bits per heavy atom. The summed E-state index contributed by atoms with van der Waals surface area (Å²) in [6.07, 6.45) is 2.43. The summed E-state index contributed by atoms with van der Waals surface area (Å²) in [5.74, 6) is 0.216. The summed E-state index contributed by atoms with van der Waals surface area (Å²) in [6.45, 7) is 4.23. The van der Waals surface area contributed by atoms with Crippen molar-refractivity contribution in [3.8, 4) is 5.82 Å². The van der Waals surface area contributed by atoms with Crippen LogP contribution in [0.15, 0.2) is 29.4 Å². The number of carbonyl (C=O) groups is 1. The maximum atomic E-state index is 10.7. The first kappa shape index (κ1) is 14.5. The van der Waals surface area contributed by atoms with Crippen LogP contribution in [-0.2, 0) is 11.2 Å². The molecule has 20 heavy (non-hydrogen) atoms. The van der Waals surface area contributed by atoms with Crippen LogP contribution in [0, 0.1) is 5.92 Å². The fourth-order valence-electron chi connectivity index (χ4n) is 1.74. The molecule has 2 aromatic heterocycles. The minimum absolute atomic E-state index is 0.00687. The van der Waals surface area contributed by atoms with Crippen molar-refractivity contribution >= 4 is 17.7 Å². The molecule has 0 aliphatic rings. The van der Waals surface area contributed by atoms with Gasteiger partial charge in [-0.3, -0.25) is 4.79 Å². The summed E-state index contributed by atoms with van der Waals surface area (Å²) in [4.78, 5) is 10.7. The maximum Gasteiger partial charge on any atom is 0.313 e. The zero-order valence-corrected chi connectivity index (χ0v) is 12.2. The number of hydrogen-bond donors (Lipinski definition) is 1. The van der Waals surface area contributed by atoms with E-state index in [9.17, 15) is 4.79 Å². The Hall–Kier alpha value is -1.89. The van der Waals surface area contributed by atoms with Crippen LogP contribution in [0.1, 0.15) is 19.5 Å². The molecule has 2 aromatic rings. The molecule has 0 atom stereocenters. The van der Waals surface area contributed by atoms with Gasteiger partial charge in [0.05, 0.1) is 11.4 Å². The van der Waals surface area contributed by atoms with Crippen LogP contribution in [0.3, 0.4) is 0 Å². The molecule has 0 amide bonds. The molecule has 0 saturated heterocycles. The predicted octanol–water partition coefficient (Wildman–Crippen LogP) is 2.04. The number of rotatable bonds is 6. The molecule has 0 spiro atoms. The Balaban J connectivity index is 2.31.